The van der Waals surface area contributed by atoms with Crippen molar-refractivity contribution in [3.8, 4) is 0 Å². The third kappa shape index (κ3) is 3.71. The molecule has 2 rings (SSSR count). The van der Waals surface area contributed by atoms with Crippen molar-refractivity contribution >= 4 is 34.7 Å². The van der Waals surface area contributed by atoms with Crippen molar-refractivity contribution in [2.75, 3.05) is 0 Å². The Kier molecular flexibility index (Phi) is 4.45. The van der Waals surface area contributed by atoms with Crippen LogP contribution in [0.2, 0.25) is 5.02 Å². The summed E-state index contributed by atoms with van der Waals surface area (Å²) in [6.07, 6.45) is 0. The standard InChI is InChI=1S/C12H13ClN2S2/c1-8(14)11-6-17-12(15-11)7-16-10-4-2-9(13)3-5-10/h2-6,8H,7,14H2,1H3. The van der Waals surface area contributed by atoms with Gasteiger partial charge in [0.15, 0.2) is 0 Å². The first-order valence-electron chi connectivity index (χ1n) is 5.23. The average Bonchev–Trinajstić information content (AvgIpc) is 2.77. The third-order valence-electron chi connectivity index (χ3n) is 2.21. The highest BCUT2D eigenvalue weighted by atomic mass is 35.5. The molecule has 0 saturated carbocycles. The number of hydrogen-bond acceptors (Lipinski definition) is 4. The summed E-state index contributed by atoms with van der Waals surface area (Å²) < 4.78 is 0. The van der Waals surface area contributed by atoms with E-state index in [1.807, 2.05) is 36.6 Å². The van der Waals surface area contributed by atoms with Crippen molar-refractivity contribution in [1.29, 1.82) is 0 Å². The monoisotopic (exact) mass is 284 g/mol. The number of aromatic nitrogens is 1. The van der Waals surface area contributed by atoms with Crippen LogP contribution in [-0.2, 0) is 5.75 Å². The summed E-state index contributed by atoms with van der Waals surface area (Å²) in [5.41, 5.74) is 6.75. The molecular formula is C12H13ClN2S2. The molecule has 17 heavy (non-hydrogen) atoms. The molecule has 2 nitrogen and oxygen atoms in total. The molecule has 1 unspecified atom stereocenters. The molecule has 90 valence electrons. The molecule has 0 spiro atoms. The maximum absolute atomic E-state index is 5.83. The summed E-state index contributed by atoms with van der Waals surface area (Å²) in [5, 5.41) is 3.91. The minimum Gasteiger partial charge on any atom is -0.323 e. The minimum absolute atomic E-state index is 0.0144. The number of thioether (sulfide) groups is 1. The van der Waals surface area contributed by atoms with Gasteiger partial charge in [-0.15, -0.1) is 23.1 Å². The largest absolute Gasteiger partial charge is 0.323 e. The smallest absolute Gasteiger partial charge is 0.103 e. The van der Waals surface area contributed by atoms with E-state index in [1.165, 1.54) is 4.90 Å². The van der Waals surface area contributed by atoms with E-state index in [9.17, 15) is 0 Å². The molecule has 0 bridgehead atoms. The summed E-state index contributed by atoms with van der Waals surface area (Å²) >= 11 is 9.25. The number of nitrogens with two attached hydrogens (primary N) is 1. The maximum Gasteiger partial charge on any atom is 0.103 e. The lowest BCUT2D eigenvalue weighted by Crippen LogP contribution is -2.05. The van der Waals surface area contributed by atoms with Crippen molar-refractivity contribution in [2.45, 2.75) is 23.6 Å². The highest BCUT2D eigenvalue weighted by molar-refractivity contribution is 7.98. The van der Waals surface area contributed by atoms with Crippen LogP contribution in [0.4, 0.5) is 0 Å². The highest BCUT2D eigenvalue weighted by Crippen LogP contribution is 2.26. The molecule has 1 heterocycles. The Balaban J connectivity index is 1.95. The van der Waals surface area contributed by atoms with E-state index >= 15 is 0 Å². The molecule has 2 N–H and O–H groups in total. The number of rotatable bonds is 4. The Morgan fingerprint density at radius 3 is 2.71 bits per heavy atom. The zero-order valence-electron chi connectivity index (χ0n) is 9.39. The van der Waals surface area contributed by atoms with Crippen LogP contribution in [0.25, 0.3) is 0 Å². The van der Waals surface area contributed by atoms with Gasteiger partial charge in [0, 0.05) is 21.3 Å². The Hall–Kier alpha value is -0.550. The maximum atomic E-state index is 5.83. The fourth-order valence-electron chi connectivity index (χ4n) is 1.28. The molecule has 0 saturated heterocycles. The second kappa shape index (κ2) is 5.87. The predicted molar refractivity (Wildman–Crippen MR) is 75.7 cm³/mol. The van der Waals surface area contributed by atoms with Gasteiger partial charge in [-0.2, -0.15) is 0 Å². The molecule has 0 radical (unpaired) electrons. The first-order valence-corrected chi connectivity index (χ1v) is 7.47. The summed E-state index contributed by atoms with van der Waals surface area (Å²) in [6.45, 7) is 1.95. The van der Waals surface area contributed by atoms with Crippen LogP contribution in [0.3, 0.4) is 0 Å². The zero-order chi connectivity index (χ0) is 12.3. The van der Waals surface area contributed by atoms with E-state index in [2.05, 4.69) is 4.98 Å². The second-order valence-electron chi connectivity index (χ2n) is 3.70. The number of hydrogen-bond donors (Lipinski definition) is 1. The molecule has 1 atom stereocenters. The van der Waals surface area contributed by atoms with Gasteiger partial charge in [0.25, 0.3) is 0 Å². The fraction of sp³-hybridized carbons (Fsp3) is 0.250. The Bertz CT molecular complexity index is 480. The van der Waals surface area contributed by atoms with Gasteiger partial charge in [0.1, 0.15) is 5.01 Å². The third-order valence-corrected chi connectivity index (χ3v) is 4.54. The molecule has 0 aliphatic rings. The van der Waals surface area contributed by atoms with Crippen molar-refractivity contribution in [3.63, 3.8) is 0 Å². The highest BCUT2D eigenvalue weighted by Gasteiger charge is 2.06. The Labute approximate surface area is 114 Å². The van der Waals surface area contributed by atoms with Crippen LogP contribution in [0.5, 0.6) is 0 Å². The van der Waals surface area contributed by atoms with Crippen LogP contribution < -0.4 is 5.73 Å². The molecule has 0 aliphatic carbocycles. The van der Waals surface area contributed by atoms with Gasteiger partial charge >= 0.3 is 0 Å². The van der Waals surface area contributed by atoms with Gasteiger partial charge in [-0.25, -0.2) is 4.98 Å². The van der Waals surface area contributed by atoms with Crippen molar-refractivity contribution in [3.05, 3.63) is 45.4 Å². The van der Waals surface area contributed by atoms with Crippen LogP contribution in [0.15, 0.2) is 34.5 Å². The molecule has 1 aromatic carbocycles. The normalized spacial score (nSPS) is 12.6. The van der Waals surface area contributed by atoms with Crippen LogP contribution in [0.1, 0.15) is 23.7 Å². The minimum atomic E-state index is 0.0144. The Morgan fingerprint density at radius 1 is 1.41 bits per heavy atom. The lowest BCUT2D eigenvalue weighted by Gasteiger charge is -2.00. The summed E-state index contributed by atoms with van der Waals surface area (Å²) in [4.78, 5) is 5.69. The lowest BCUT2D eigenvalue weighted by molar-refractivity contribution is 0.785. The molecule has 0 amide bonds. The van der Waals surface area contributed by atoms with E-state index in [0.717, 1.165) is 21.5 Å². The first-order chi connectivity index (χ1) is 8.15. The summed E-state index contributed by atoms with van der Waals surface area (Å²) in [5.74, 6) is 0.874. The average molecular weight is 285 g/mol. The molecular weight excluding hydrogens is 272 g/mol. The molecule has 0 fully saturated rings. The van der Waals surface area contributed by atoms with Crippen molar-refractivity contribution in [1.82, 2.24) is 4.98 Å². The fourth-order valence-corrected chi connectivity index (χ4v) is 3.22. The van der Waals surface area contributed by atoms with Gasteiger partial charge < -0.3 is 5.73 Å². The molecule has 0 aliphatic heterocycles. The van der Waals surface area contributed by atoms with E-state index in [4.69, 9.17) is 17.3 Å². The van der Waals surface area contributed by atoms with E-state index < -0.39 is 0 Å². The van der Waals surface area contributed by atoms with Gasteiger partial charge in [0.05, 0.1) is 11.4 Å². The topological polar surface area (TPSA) is 38.9 Å². The summed E-state index contributed by atoms with van der Waals surface area (Å²) in [7, 11) is 0. The van der Waals surface area contributed by atoms with Gasteiger partial charge in [0.2, 0.25) is 0 Å². The van der Waals surface area contributed by atoms with E-state index in [0.29, 0.717) is 0 Å². The van der Waals surface area contributed by atoms with Gasteiger partial charge in [-0.05, 0) is 31.2 Å². The van der Waals surface area contributed by atoms with Crippen LogP contribution >= 0.6 is 34.7 Å². The zero-order valence-corrected chi connectivity index (χ0v) is 11.8. The summed E-state index contributed by atoms with van der Waals surface area (Å²) in [6, 6.07) is 7.86. The lowest BCUT2D eigenvalue weighted by atomic mass is 10.3. The van der Waals surface area contributed by atoms with Gasteiger partial charge in [-0.1, -0.05) is 11.6 Å². The van der Waals surface area contributed by atoms with Gasteiger partial charge in [-0.3, -0.25) is 0 Å². The molecule has 2 aromatic rings. The number of nitrogens with zero attached hydrogens (tertiary/aromatic N) is 1. The van der Waals surface area contributed by atoms with E-state index in [1.54, 1.807) is 23.1 Å². The van der Waals surface area contributed by atoms with Crippen molar-refractivity contribution in [2.24, 2.45) is 5.73 Å². The quantitative estimate of drug-likeness (QED) is 0.859. The van der Waals surface area contributed by atoms with Crippen LogP contribution in [-0.4, -0.2) is 4.98 Å². The van der Waals surface area contributed by atoms with Crippen LogP contribution in [0, 0.1) is 0 Å². The molecule has 5 heteroatoms. The Morgan fingerprint density at radius 2 is 2.12 bits per heavy atom. The SMILES string of the molecule is CC(N)c1csc(CSc2ccc(Cl)cc2)n1. The van der Waals surface area contributed by atoms with Crippen molar-refractivity contribution < 1.29 is 0 Å². The first kappa shape index (κ1) is 12.9. The predicted octanol–water partition coefficient (Wildman–Crippen LogP) is 4.11. The number of benzene rings is 1. The van der Waals surface area contributed by atoms with E-state index in [-0.39, 0.29) is 6.04 Å². The molecule has 1 aromatic heterocycles. The second-order valence-corrected chi connectivity index (χ2v) is 6.13. The number of thiazole rings is 1. The number of halogens is 1.